The smallest absolute Gasteiger partial charge is 0.147 e. The number of aryl methyl sites for hydroxylation is 3. The molecular formula is C18H19FOS. The van der Waals surface area contributed by atoms with E-state index in [0.717, 1.165) is 16.7 Å². The lowest BCUT2D eigenvalue weighted by molar-refractivity contribution is -0.116. The minimum absolute atomic E-state index is 0.123. The molecule has 0 heterocycles. The van der Waals surface area contributed by atoms with Crippen LogP contribution in [0.2, 0.25) is 0 Å². The van der Waals surface area contributed by atoms with Gasteiger partial charge in [-0.25, -0.2) is 4.39 Å². The molecule has 21 heavy (non-hydrogen) atoms. The average Bonchev–Trinajstić information content (AvgIpc) is 2.42. The first-order valence-electron chi connectivity index (χ1n) is 6.93. The van der Waals surface area contributed by atoms with E-state index >= 15 is 0 Å². The van der Waals surface area contributed by atoms with Crippen molar-refractivity contribution >= 4 is 17.5 Å². The van der Waals surface area contributed by atoms with Crippen LogP contribution in [0.4, 0.5) is 4.39 Å². The lowest BCUT2D eigenvalue weighted by Gasteiger charge is -2.10. The van der Waals surface area contributed by atoms with Crippen molar-refractivity contribution in [1.82, 2.24) is 0 Å². The van der Waals surface area contributed by atoms with Gasteiger partial charge in [-0.3, -0.25) is 4.79 Å². The fraction of sp³-hybridized carbons (Fsp3) is 0.278. The molecule has 0 aromatic heterocycles. The zero-order chi connectivity index (χ0) is 15.4. The van der Waals surface area contributed by atoms with Crippen molar-refractivity contribution in [2.75, 3.05) is 5.75 Å². The Hall–Kier alpha value is -1.61. The van der Waals surface area contributed by atoms with E-state index in [1.54, 1.807) is 18.2 Å². The SMILES string of the molecule is Cc1cc(C)c(CC(=O)CSc2ccccc2F)c(C)c1. The van der Waals surface area contributed by atoms with Crippen molar-refractivity contribution < 1.29 is 9.18 Å². The monoisotopic (exact) mass is 302 g/mol. The second-order valence-corrected chi connectivity index (χ2v) is 6.33. The van der Waals surface area contributed by atoms with Crippen LogP contribution < -0.4 is 0 Å². The van der Waals surface area contributed by atoms with Gasteiger partial charge in [0.05, 0.1) is 5.75 Å². The van der Waals surface area contributed by atoms with Gasteiger partial charge in [0.15, 0.2) is 0 Å². The predicted molar refractivity (Wildman–Crippen MR) is 86.5 cm³/mol. The Morgan fingerprint density at radius 3 is 2.33 bits per heavy atom. The van der Waals surface area contributed by atoms with Crippen molar-refractivity contribution in [2.24, 2.45) is 0 Å². The topological polar surface area (TPSA) is 17.1 Å². The second kappa shape index (κ2) is 6.90. The van der Waals surface area contributed by atoms with Crippen LogP contribution in [-0.4, -0.2) is 11.5 Å². The van der Waals surface area contributed by atoms with Crippen LogP contribution in [0.5, 0.6) is 0 Å². The van der Waals surface area contributed by atoms with Crippen LogP contribution in [0.3, 0.4) is 0 Å². The van der Waals surface area contributed by atoms with Crippen LogP contribution in [0, 0.1) is 26.6 Å². The number of ketones is 1. The van der Waals surface area contributed by atoms with Crippen LogP contribution >= 0.6 is 11.8 Å². The van der Waals surface area contributed by atoms with E-state index in [2.05, 4.69) is 19.1 Å². The van der Waals surface area contributed by atoms with Crippen LogP contribution in [-0.2, 0) is 11.2 Å². The molecule has 0 atom stereocenters. The van der Waals surface area contributed by atoms with Gasteiger partial charge in [-0.15, -0.1) is 11.8 Å². The number of benzene rings is 2. The van der Waals surface area contributed by atoms with E-state index < -0.39 is 0 Å². The average molecular weight is 302 g/mol. The van der Waals surface area contributed by atoms with Gasteiger partial charge in [-0.1, -0.05) is 29.8 Å². The Bertz CT molecular complexity index is 641. The quantitative estimate of drug-likeness (QED) is 0.748. The van der Waals surface area contributed by atoms with Gasteiger partial charge < -0.3 is 0 Å². The van der Waals surface area contributed by atoms with Gasteiger partial charge in [0.2, 0.25) is 0 Å². The lowest BCUT2D eigenvalue weighted by atomic mass is 9.96. The van der Waals surface area contributed by atoms with Gasteiger partial charge in [-0.2, -0.15) is 0 Å². The Kier molecular flexibility index (Phi) is 5.18. The number of carbonyl (C=O) groups is 1. The van der Waals surface area contributed by atoms with Crippen LogP contribution in [0.25, 0.3) is 0 Å². The summed E-state index contributed by atoms with van der Waals surface area (Å²) in [7, 11) is 0. The summed E-state index contributed by atoms with van der Waals surface area (Å²) in [5.41, 5.74) is 4.61. The Balaban J connectivity index is 2.01. The minimum Gasteiger partial charge on any atom is -0.298 e. The Morgan fingerprint density at radius 1 is 1.10 bits per heavy atom. The highest BCUT2D eigenvalue weighted by atomic mass is 32.2. The number of thioether (sulfide) groups is 1. The third kappa shape index (κ3) is 4.18. The molecule has 2 aromatic carbocycles. The summed E-state index contributed by atoms with van der Waals surface area (Å²) in [5.74, 6) is 0.157. The molecule has 3 heteroatoms. The maximum absolute atomic E-state index is 13.5. The van der Waals surface area contributed by atoms with Crippen LogP contribution in [0.1, 0.15) is 22.3 Å². The number of Topliss-reactive ketones (excluding diaryl/α,β-unsaturated/α-hetero) is 1. The first kappa shape index (κ1) is 15.8. The molecule has 2 rings (SSSR count). The summed E-state index contributed by atoms with van der Waals surface area (Å²) in [5, 5.41) is 0. The molecule has 0 unspecified atom stereocenters. The van der Waals surface area contributed by atoms with Crippen molar-refractivity contribution in [2.45, 2.75) is 32.1 Å². The summed E-state index contributed by atoms with van der Waals surface area (Å²) in [6, 6.07) is 10.8. The standard InChI is InChI=1S/C18H19FOS/c1-12-8-13(2)16(14(3)9-12)10-15(20)11-21-18-7-5-4-6-17(18)19/h4-9H,10-11H2,1-3H3. The highest BCUT2D eigenvalue weighted by molar-refractivity contribution is 8.00. The molecule has 0 bridgehead atoms. The second-order valence-electron chi connectivity index (χ2n) is 5.31. The largest absolute Gasteiger partial charge is 0.298 e. The molecule has 0 spiro atoms. The number of carbonyl (C=O) groups excluding carboxylic acids is 1. The molecule has 0 aliphatic heterocycles. The summed E-state index contributed by atoms with van der Waals surface area (Å²) >= 11 is 1.26. The normalized spacial score (nSPS) is 10.7. The third-order valence-corrected chi connectivity index (χ3v) is 4.55. The van der Waals surface area contributed by atoms with Gasteiger partial charge in [0, 0.05) is 11.3 Å². The first-order chi connectivity index (χ1) is 9.97. The maximum Gasteiger partial charge on any atom is 0.147 e. The van der Waals surface area contributed by atoms with E-state index in [4.69, 9.17) is 0 Å². The van der Waals surface area contributed by atoms with E-state index in [1.165, 1.54) is 23.4 Å². The molecule has 0 saturated heterocycles. The molecule has 2 aromatic rings. The Morgan fingerprint density at radius 2 is 1.71 bits per heavy atom. The maximum atomic E-state index is 13.5. The van der Waals surface area contributed by atoms with Gasteiger partial charge in [0.25, 0.3) is 0 Å². The number of rotatable bonds is 5. The summed E-state index contributed by atoms with van der Waals surface area (Å²) in [6.45, 7) is 6.12. The highest BCUT2D eigenvalue weighted by Crippen LogP contribution is 2.23. The fourth-order valence-corrected chi connectivity index (χ4v) is 3.26. The van der Waals surface area contributed by atoms with E-state index in [9.17, 15) is 9.18 Å². The van der Waals surface area contributed by atoms with Gasteiger partial charge >= 0.3 is 0 Å². The first-order valence-corrected chi connectivity index (χ1v) is 7.91. The molecule has 0 aliphatic rings. The molecule has 110 valence electrons. The zero-order valence-electron chi connectivity index (χ0n) is 12.6. The van der Waals surface area contributed by atoms with E-state index in [0.29, 0.717) is 17.1 Å². The summed E-state index contributed by atoms with van der Waals surface area (Å²) in [4.78, 5) is 12.7. The Labute approximate surface area is 129 Å². The predicted octanol–water partition coefficient (Wildman–Crippen LogP) is 4.65. The van der Waals surface area contributed by atoms with Gasteiger partial charge in [0.1, 0.15) is 11.6 Å². The molecule has 0 aliphatic carbocycles. The molecule has 0 fully saturated rings. The summed E-state index contributed by atoms with van der Waals surface area (Å²) in [6.07, 6.45) is 0.416. The minimum atomic E-state index is -0.266. The van der Waals surface area contributed by atoms with E-state index in [1.807, 2.05) is 13.8 Å². The third-order valence-electron chi connectivity index (χ3n) is 3.44. The fourth-order valence-electron chi connectivity index (χ4n) is 2.46. The molecule has 1 nitrogen and oxygen atoms in total. The number of hydrogen-bond acceptors (Lipinski definition) is 2. The van der Waals surface area contributed by atoms with E-state index in [-0.39, 0.29) is 11.6 Å². The summed E-state index contributed by atoms with van der Waals surface area (Å²) < 4.78 is 13.5. The highest BCUT2D eigenvalue weighted by Gasteiger charge is 2.11. The molecule has 0 amide bonds. The van der Waals surface area contributed by atoms with Gasteiger partial charge in [-0.05, 0) is 49.6 Å². The molecular weight excluding hydrogens is 283 g/mol. The molecule has 0 saturated carbocycles. The lowest BCUT2D eigenvalue weighted by Crippen LogP contribution is -2.09. The molecule has 0 N–H and O–H groups in total. The van der Waals surface area contributed by atoms with Crippen molar-refractivity contribution in [3.8, 4) is 0 Å². The number of hydrogen-bond donors (Lipinski definition) is 0. The van der Waals surface area contributed by atoms with Crippen molar-refractivity contribution in [3.63, 3.8) is 0 Å². The van der Waals surface area contributed by atoms with Crippen molar-refractivity contribution in [1.29, 1.82) is 0 Å². The molecule has 0 radical (unpaired) electrons. The zero-order valence-corrected chi connectivity index (χ0v) is 13.4. The van der Waals surface area contributed by atoms with Crippen molar-refractivity contribution in [3.05, 3.63) is 64.5 Å². The number of halogens is 1. The van der Waals surface area contributed by atoms with Crippen LogP contribution in [0.15, 0.2) is 41.3 Å².